The summed E-state index contributed by atoms with van der Waals surface area (Å²) in [5.41, 5.74) is 0.795. The van der Waals surface area contributed by atoms with Crippen LogP contribution in [-0.2, 0) is 6.42 Å². The number of rotatable bonds is 3. The monoisotopic (exact) mass is 245 g/mol. The summed E-state index contributed by atoms with van der Waals surface area (Å²) in [6, 6.07) is 4.82. The second kappa shape index (κ2) is 4.34. The Bertz CT molecular complexity index is 327. The minimum atomic E-state index is -0.453. The van der Waals surface area contributed by atoms with Crippen LogP contribution < -0.4 is 0 Å². The third-order valence-corrected chi connectivity index (χ3v) is 2.28. The van der Waals surface area contributed by atoms with Gasteiger partial charge in [0, 0.05) is 12.7 Å². The third-order valence-electron chi connectivity index (χ3n) is 1.61. The summed E-state index contributed by atoms with van der Waals surface area (Å²) in [5, 5.41) is 19.1. The van der Waals surface area contributed by atoms with Crippen LogP contribution in [0.4, 0.5) is 5.69 Å². The molecule has 1 aromatic carbocycles. The van der Waals surface area contributed by atoms with Gasteiger partial charge in [0.05, 0.1) is 9.40 Å². The molecule has 0 fully saturated rings. The number of nitro groups is 1. The van der Waals surface area contributed by atoms with E-state index in [1.165, 1.54) is 6.07 Å². The number of nitro benzene ring substituents is 1. The standard InChI is InChI=1S/C8H8BrNO3/c9-7-2-1-6(3-4-11)5-8(7)10(12)13/h1-2,5,11H,3-4H2. The number of aliphatic hydroxyl groups excluding tert-OH is 1. The van der Waals surface area contributed by atoms with Crippen molar-refractivity contribution < 1.29 is 10.0 Å². The Morgan fingerprint density at radius 2 is 2.23 bits per heavy atom. The highest BCUT2D eigenvalue weighted by Crippen LogP contribution is 2.25. The lowest BCUT2D eigenvalue weighted by molar-refractivity contribution is -0.385. The average Bonchev–Trinajstić information content (AvgIpc) is 2.08. The molecule has 0 aromatic heterocycles. The molecule has 1 aromatic rings. The van der Waals surface area contributed by atoms with Crippen molar-refractivity contribution in [1.29, 1.82) is 0 Å². The van der Waals surface area contributed by atoms with Crippen LogP contribution in [0.3, 0.4) is 0 Å². The minimum absolute atomic E-state index is 0.00120. The fourth-order valence-corrected chi connectivity index (χ4v) is 1.37. The smallest absolute Gasteiger partial charge is 0.283 e. The van der Waals surface area contributed by atoms with E-state index in [9.17, 15) is 10.1 Å². The maximum Gasteiger partial charge on any atom is 0.283 e. The van der Waals surface area contributed by atoms with Crippen molar-refractivity contribution in [3.05, 3.63) is 38.3 Å². The summed E-state index contributed by atoms with van der Waals surface area (Å²) in [5.74, 6) is 0. The molecule has 0 aliphatic carbocycles. The first kappa shape index (κ1) is 10.1. The lowest BCUT2D eigenvalue weighted by atomic mass is 10.1. The van der Waals surface area contributed by atoms with E-state index in [0.717, 1.165) is 5.56 Å². The number of hydrogen-bond donors (Lipinski definition) is 1. The van der Waals surface area contributed by atoms with Crippen LogP contribution in [0.1, 0.15) is 5.56 Å². The molecule has 0 bridgehead atoms. The molecule has 5 heteroatoms. The van der Waals surface area contributed by atoms with Crippen molar-refractivity contribution in [3.8, 4) is 0 Å². The Kier molecular flexibility index (Phi) is 3.39. The zero-order valence-electron chi connectivity index (χ0n) is 6.74. The lowest BCUT2D eigenvalue weighted by Gasteiger charge is -1.99. The van der Waals surface area contributed by atoms with Gasteiger partial charge in [0.15, 0.2) is 0 Å². The molecule has 0 aliphatic heterocycles. The second-order valence-corrected chi connectivity index (χ2v) is 3.37. The Hall–Kier alpha value is -0.940. The van der Waals surface area contributed by atoms with Crippen molar-refractivity contribution in [2.75, 3.05) is 6.61 Å². The highest BCUT2D eigenvalue weighted by molar-refractivity contribution is 9.10. The highest BCUT2D eigenvalue weighted by Gasteiger charge is 2.11. The van der Waals surface area contributed by atoms with E-state index in [1.807, 2.05) is 0 Å². The number of benzene rings is 1. The van der Waals surface area contributed by atoms with Gasteiger partial charge >= 0.3 is 0 Å². The fourth-order valence-electron chi connectivity index (χ4n) is 0.983. The molecule has 0 amide bonds. The third kappa shape index (κ3) is 2.50. The van der Waals surface area contributed by atoms with Crippen LogP contribution >= 0.6 is 15.9 Å². The fraction of sp³-hybridized carbons (Fsp3) is 0.250. The molecule has 0 unspecified atom stereocenters. The first-order valence-electron chi connectivity index (χ1n) is 3.69. The first-order chi connectivity index (χ1) is 6.15. The van der Waals surface area contributed by atoms with Gasteiger partial charge in [0.2, 0.25) is 0 Å². The number of nitrogens with zero attached hydrogens (tertiary/aromatic N) is 1. The Morgan fingerprint density at radius 1 is 1.54 bits per heavy atom. The molecular formula is C8H8BrNO3. The Morgan fingerprint density at radius 3 is 2.77 bits per heavy atom. The van der Waals surface area contributed by atoms with E-state index in [1.54, 1.807) is 12.1 Å². The number of aliphatic hydroxyl groups is 1. The van der Waals surface area contributed by atoms with Gasteiger partial charge in [-0.25, -0.2) is 0 Å². The van der Waals surface area contributed by atoms with Gasteiger partial charge in [-0.2, -0.15) is 0 Å². The largest absolute Gasteiger partial charge is 0.396 e. The van der Waals surface area contributed by atoms with Crippen LogP contribution in [0, 0.1) is 10.1 Å². The van der Waals surface area contributed by atoms with Crippen molar-refractivity contribution in [1.82, 2.24) is 0 Å². The molecule has 0 radical (unpaired) electrons. The van der Waals surface area contributed by atoms with E-state index in [2.05, 4.69) is 15.9 Å². The van der Waals surface area contributed by atoms with E-state index >= 15 is 0 Å². The molecule has 4 nitrogen and oxygen atoms in total. The van der Waals surface area contributed by atoms with E-state index < -0.39 is 4.92 Å². The van der Waals surface area contributed by atoms with E-state index in [-0.39, 0.29) is 12.3 Å². The zero-order valence-corrected chi connectivity index (χ0v) is 8.32. The summed E-state index contributed by atoms with van der Waals surface area (Å²) in [6.07, 6.45) is 0.439. The molecule has 13 heavy (non-hydrogen) atoms. The first-order valence-corrected chi connectivity index (χ1v) is 4.48. The minimum Gasteiger partial charge on any atom is -0.396 e. The van der Waals surface area contributed by atoms with Gasteiger partial charge in [-0.3, -0.25) is 10.1 Å². The average molecular weight is 246 g/mol. The molecule has 0 spiro atoms. The summed E-state index contributed by atoms with van der Waals surface area (Å²) in [6.45, 7) is -0.00120. The van der Waals surface area contributed by atoms with Crippen LogP contribution in [0.15, 0.2) is 22.7 Å². The quantitative estimate of drug-likeness (QED) is 0.654. The number of halogens is 1. The lowest BCUT2D eigenvalue weighted by Crippen LogP contribution is -1.94. The van der Waals surface area contributed by atoms with Crippen LogP contribution in [-0.4, -0.2) is 16.6 Å². The molecule has 1 N–H and O–H groups in total. The van der Waals surface area contributed by atoms with Gasteiger partial charge in [-0.1, -0.05) is 6.07 Å². The highest BCUT2D eigenvalue weighted by atomic mass is 79.9. The molecule has 0 saturated carbocycles. The summed E-state index contributed by atoms with van der Waals surface area (Å²) in [7, 11) is 0. The Balaban J connectivity index is 3.04. The normalized spacial score (nSPS) is 10.0. The van der Waals surface area contributed by atoms with Crippen molar-refractivity contribution in [2.24, 2.45) is 0 Å². The van der Waals surface area contributed by atoms with Gasteiger partial charge in [-0.05, 0) is 34.0 Å². The van der Waals surface area contributed by atoms with Gasteiger partial charge in [0.25, 0.3) is 5.69 Å². The molecule has 1 rings (SSSR count). The van der Waals surface area contributed by atoms with E-state index in [4.69, 9.17) is 5.11 Å². The van der Waals surface area contributed by atoms with Crippen LogP contribution in [0.5, 0.6) is 0 Å². The second-order valence-electron chi connectivity index (χ2n) is 2.52. The summed E-state index contributed by atoms with van der Waals surface area (Å²) >= 11 is 3.08. The maximum absolute atomic E-state index is 10.5. The van der Waals surface area contributed by atoms with Gasteiger partial charge in [0.1, 0.15) is 0 Å². The van der Waals surface area contributed by atoms with Crippen molar-refractivity contribution in [2.45, 2.75) is 6.42 Å². The molecule has 0 saturated heterocycles. The molecule has 0 atom stereocenters. The van der Waals surface area contributed by atoms with Gasteiger partial charge in [-0.15, -0.1) is 0 Å². The molecule has 70 valence electrons. The number of hydrogen-bond acceptors (Lipinski definition) is 3. The predicted molar refractivity (Wildman–Crippen MR) is 51.6 cm³/mol. The van der Waals surface area contributed by atoms with Gasteiger partial charge < -0.3 is 5.11 Å². The maximum atomic E-state index is 10.5. The summed E-state index contributed by atoms with van der Waals surface area (Å²) in [4.78, 5) is 10.0. The predicted octanol–water partition coefficient (Wildman–Crippen LogP) is 1.89. The van der Waals surface area contributed by atoms with Crippen molar-refractivity contribution in [3.63, 3.8) is 0 Å². The molecule has 0 aliphatic rings. The van der Waals surface area contributed by atoms with Crippen LogP contribution in [0.2, 0.25) is 0 Å². The SMILES string of the molecule is O=[N+]([O-])c1cc(CCO)ccc1Br. The topological polar surface area (TPSA) is 63.4 Å². The molecule has 0 heterocycles. The Labute approximate surface area is 83.5 Å². The summed E-state index contributed by atoms with van der Waals surface area (Å²) < 4.78 is 0.458. The van der Waals surface area contributed by atoms with Crippen LogP contribution in [0.25, 0.3) is 0 Å². The zero-order chi connectivity index (χ0) is 9.84. The molecular weight excluding hydrogens is 238 g/mol. The van der Waals surface area contributed by atoms with E-state index in [0.29, 0.717) is 10.9 Å². The van der Waals surface area contributed by atoms with Crippen molar-refractivity contribution >= 4 is 21.6 Å².